The smallest absolute Gasteiger partial charge is 0.130 e. The van der Waals surface area contributed by atoms with Crippen molar-refractivity contribution < 1.29 is 0 Å². The Bertz CT molecular complexity index is 277. The molecule has 0 aliphatic heterocycles. The lowest BCUT2D eigenvalue weighted by Crippen LogP contribution is -2.44. The van der Waals surface area contributed by atoms with Crippen molar-refractivity contribution in [2.75, 3.05) is 0 Å². The van der Waals surface area contributed by atoms with E-state index in [0.717, 1.165) is 0 Å². The van der Waals surface area contributed by atoms with E-state index >= 15 is 0 Å². The first-order valence-electron chi connectivity index (χ1n) is 4.12. The molecular formula is C10H15NSi. The highest BCUT2D eigenvalue weighted by Crippen LogP contribution is 2.10. The van der Waals surface area contributed by atoms with Gasteiger partial charge in [-0.05, 0) is 19.1 Å². The molecule has 1 nitrogen and oxygen atoms in total. The van der Waals surface area contributed by atoms with Crippen molar-refractivity contribution in [3.63, 3.8) is 0 Å². The molecule has 0 aliphatic rings. The Labute approximate surface area is 75.2 Å². The van der Waals surface area contributed by atoms with E-state index in [-0.39, 0.29) is 0 Å². The number of aromatic nitrogens is 1. The van der Waals surface area contributed by atoms with Crippen LogP contribution < -0.4 is 5.32 Å². The Morgan fingerprint density at radius 3 is 2.50 bits per heavy atom. The summed E-state index contributed by atoms with van der Waals surface area (Å²) in [6.45, 7) is 10.7. The van der Waals surface area contributed by atoms with Crippen LogP contribution in [0.4, 0.5) is 0 Å². The largest absolute Gasteiger partial charge is 0.266 e. The van der Waals surface area contributed by atoms with E-state index in [1.165, 1.54) is 10.5 Å². The quantitative estimate of drug-likeness (QED) is 0.631. The Morgan fingerprint density at radius 2 is 2.08 bits per heavy atom. The van der Waals surface area contributed by atoms with Crippen LogP contribution in [0.5, 0.6) is 0 Å². The normalized spacial score (nSPS) is 11.2. The highest BCUT2D eigenvalue weighted by atomic mass is 28.3. The second-order valence-electron chi connectivity index (χ2n) is 3.62. The highest BCUT2D eigenvalue weighted by molar-refractivity contribution is 6.94. The molecule has 0 saturated heterocycles. The summed E-state index contributed by atoms with van der Waals surface area (Å²) in [6, 6.07) is 6.09. The van der Waals surface area contributed by atoms with Crippen molar-refractivity contribution in [3.8, 4) is 0 Å². The molecule has 0 amide bonds. The van der Waals surface area contributed by atoms with Gasteiger partial charge in [0, 0.05) is 11.5 Å². The SMILES string of the molecule is C=C(C)[Si](C)(C)c1ccccn1. The van der Waals surface area contributed by atoms with Crippen molar-refractivity contribution in [2.45, 2.75) is 20.0 Å². The van der Waals surface area contributed by atoms with Crippen LogP contribution >= 0.6 is 0 Å². The monoisotopic (exact) mass is 177 g/mol. The minimum Gasteiger partial charge on any atom is -0.266 e. The Balaban J connectivity index is 3.06. The van der Waals surface area contributed by atoms with Gasteiger partial charge in [0.05, 0.1) is 0 Å². The molecule has 0 aromatic carbocycles. The van der Waals surface area contributed by atoms with Gasteiger partial charge in [-0.2, -0.15) is 0 Å². The molecule has 1 rings (SSSR count). The summed E-state index contributed by atoms with van der Waals surface area (Å²) in [5, 5.41) is 2.50. The molecule has 2 heteroatoms. The van der Waals surface area contributed by atoms with E-state index < -0.39 is 8.07 Å². The maximum Gasteiger partial charge on any atom is 0.130 e. The lowest BCUT2D eigenvalue weighted by molar-refractivity contribution is 1.36. The molecule has 1 heterocycles. The molecule has 0 spiro atoms. The fraction of sp³-hybridized carbons (Fsp3) is 0.300. The molecule has 0 aliphatic carbocycles. The number of hydrogen-bond donors (Lipinski definition) is 0. The zero-order chi connectivity index (χ0) is 9.19. The summed E-state index contributed by atoms with van der Waals surface area (Å²) in [4.78, 5) is 4.37. The molecule has 0 fully saturated rings. The van der Waals surface area contributed by atoms with E-state index in [0.29, 0.717) is 0 Å². The Hall–Kier alpha value is -0.893. The second kappa shape index (κ2) is 3.23. The van der Waals surface area contributed by atoms with Crippen LogP contribution in [0.25, 0.3) is 0 Å². The van der Waals surface area contributed by atoms with Gasteiger partial charge in [0.15, 0.2) is 0 Å². The summed E-state index contributed by atoms with van der Waals surface area (Å²) < 4.78 is 0. The number of hydrogen-bond acceptors (Lipinski definition) is 1. The highest BCUT2D eigenvalue weighted by Gasteiger charge is 2.25. The van der Waals surface area contributed by atoms with Crippen LogP contribution in [0.3, 0.4) is 0 Å². The van der Waals surface area contributed by atoms with E-state index in [9.17, 15) is 0 Å². The van der Waals surface area contributed by atoms with Crippen molar-refractivity contribution in [1.82, 2.24) is 4.98 Å². The minimum absolute atomic E-state index is 1.22. The zero-order valence-electron chi connectivity index (χ0n) is 7.96. The van der Waals surface area contributed by atoms with Crippen LogP contribution in [0, 0.1) is 0 Å². The molecule has 64 valence electrons. The third-order valence-corrected chi connectivity index (χ3v) is 6.08. The minimum atomic E-state index is -1.46. The topological polar surface area (TPSA) is 12.9 Å². The van der Waals surface area contributed by atoms with Crippen molar-refractivity contribution >= 4 is 13.4 Å². The second-order valence-corrected chi connectivity index (χ2v) is 8.24. The molecule has 1 aromatic heterocycles. The summed E-state index contributed by atoms with van der Waals surface area (Å²) >= 11 is 0. The van der Waals surface area contributed by atoms with E-state index in [4.69, 9.17) is 0 Å². The van der Waals surface area contributed by atoms with Crippen LogP contribution in [0.1, 0.15) is 6.92 Å². The first-order chi connectivity index (χ1) is 5.55. The molecule has 1 aromatic rings. The molecular weight excluding hydrogens is 162 g/mol. The number of allylic oxidation sites excluding steroid dienone is 1. The maximum absolute atomic E-state index is 4.37. The van der Waals surface area contributed by atoms with Crippen LogP contribution in [0.15, 0.2) is 36.2 Å². The molecule has 0 unspecified atom stereocenters. The van der Waals surface area contributed by atoms with E-state index in [1.54, 1.807) is 0 Å². The first kappa shape index (κ1) is 9.20. The predicted octanol–water partition coefficient (Wildman–Crippen LogP) is 2.11. The third-order valence-electron chi connectivity index (χ3n) is 2.37. The van der Waals surface area contributed by atoms with Gasteiger partial charge in [-0.25, -0.2) is 0 Å². The number of rotatable bonds is 2. The van der Waals surface area contributed by atoms with Gasteiger partial charge in [0.1, 0.15) is 8.07 Å². The number of nitrogens with zero attached hydrogens (tertiary/aromatic N) is 1. The van der Waals surface area contributed by atoms with Gasteiger partial charge < -0.3 is 0 Å². The van der Waals surface area contributed by atoms with Crippen LogP contribution in [-0.2, 0) is 0 Å². The molecule has 0 saturated carbocycles. The molecule has 0 radical (unpaired) electrons. The van der Waals surface area contributed by atoms with Crippen molar-refractivity contribution in [3.05, 3.63) is 36.2 Å². The first-order valence-corrected chi connectivity index (χ1v) is 7.12. The van der Waals surface area contributed by atoms with E-state index in [2.05, 4.69) is 37.6 Å². The fourth-order valence-electron chi connectivity index (χ4n) is 0.951. The molecule has 0 N–H and O–H groups in total. The predicted molar refractivity (Wildman–Crippen MR) is 56.2 cm³/mol. The van der Waals surface area contributed by atoms with Gasteiger partial charge in [-0.1, -0.05) is 24.4 Å². The van der Waals surface area contributed by atoms with Gasteiger partial charge in [-0.15, -0.1) is 6.58 Å². The number of pyridine rings is 1. The summed E-state index contributed by atoms with van der Waals surface area (Å²) in [6.07, 6.45) is 1.85. The van der Waals surface area contributed by atoms with Gasteiger partial charge in [0.2, 0.25) is 0 Å². The van der Waals surface area contributed by atoms with Crippen LogP contribution in [0.2, 0.25) is 13.1 Å². The lowest BCUT2D eigenvalue weighted by Gasteiger charge is -2.21. The summed E-state index contributed by atoms with van der Waals surface area (Å²) in [5.74, 6) is 0. The average molecular weight is 177 g/mol. The van der Waals surface area contributed by atoms with Crippen LogP contribution in [-0.4, -0.2) is 13.1 Å². The van der Waals surface area contributed by atoms with Crippen molar-refractivity contribution in [2.24, 2.45) is 0 Å². The Kier molecular flexibility index (Phi) is 2.48. The van der Waals surface area contributed by atoms with Gasteiger partial charge >= 0.3 is 0 Å². The molecule has 0 atom stereocenters. The van der Waals surface area contributed by atoms with Gasteiger partial charge in [-0.3, -0.25) is 4.98 Å². The molecule has 0 bridgehead atoms. The summed E-state index contributed by atoms with van der Waals surface area (Å²) in [5.41, 5.74) is 0. The maximum atomic E-state index is 4.37. The summed E-state index contributed by atoms with van der Waals surface area (Å²) in [7, 11) is -1.46. The molecule has 12 heavy (non-hydrogen) atoms. The lowest BCUT2D eigenvalue weighted by atomic mass is 10.5. The Morgan fingerprint density at radius 1 is 1.42 bits per heavy atom. The third kappa shape index (κ3) is 1.64. The zero-order valence-corrected chi connectivity index (χ0v) is 8.96. The average Bonchev–Trinajstić information content (AvgIpc) is 2.06. The van der Waals surface area contributed by atoms with Crippen molar-refractivity contribution in [1.29, 1.82) is 0 Å². The standard InChI is InChI=1S/C10H15NSi/c1-9(2)12(3,4)10-7-5-6-8-11-10/h5-8H,1H2,2-4H3. The fourth-order valence-corrected chi connectivity index (χ4v) is 2.30. The van der Waals surface area contributed by atoms with Gasteiger partial charge in [0.25, 0.3) is 0 Å². The van der Waals surface area contributed by atoms with E-state index in [1.807, 2.05) is 18.3 Å².